The monoisotopic (exact) mass is 2020 g/mol. The molecule has 0 atom stereocenters. The maximum Gasteiger partial charge on any atom is 0.263 e. The van der Waals surface area contributed by atoms with Gasteiger partial charge in [-0.15, -0.1) is 0 Å². The van der Waals surface area contributed by atoms with Gasteiger partial charge in [0.25, 0.3) is 5.91 Å². The third-order valence-corrected chi connectivity index (χ3v) is 26.3. The number of carbonyl (C=O) groups is 4. The van der Waals surface area contributed by atoms with Crippen molar-refractivity contribution >= 4 is 85.0 Å². The minimum Gasteiger partial charge on any atom is -0.507 e. The topological polar surface area (TPSA) is 358 Å². The summed E-state index contributed by atoms with van der Waals surface area (Å²) in [5.74, 6) is 3.30. The van der Waals surface area contributed by atoms with E-state index in [0.717, 1.165) is 204 Å². The van der Waals surface area contributed by atoms with Gasteiger partial charge in [-0.1, -0.05) is 200 Å². The molecule has 0 unspecified atom stereocenters. The summed E-state index contributed by atoms with van der Waals surface area (Å²) in [4.78, 5) is 80.5. The summed E-state index contributed by atoms with van der Waals surface area (Å²) in [6.07, 6.45) is 26.4. The van der Waals surface area contributed by atoms with E-state index in [9.17, 15) is 34.5 Å². The highest BCUT2D eigenvalue weighted by Gasteiger charge is 2.36. The molecule has 0 bridgehead atoms. The number of aliphatic hydroxyl groups excluding tert-OH is 2. The van der Waals surface area contributed by atoms with Crippen LogP contribution >= 0.6 is 27.7 Å². The van der Waals surface area contributed by atoms with Crippen LogP contribution in [0.2, 0.25) is 0 Å². The van der Waals surface area contributed by atoms with Crippen LogP contribution in [0.15, 0.2) is 329 Å². The lowest BCUT2D eigenvalue weighted by atomic mass is 10.0. The average molecular weight is 2020 g/mol. The molecule has 29 heteroatoms. The van der Waals surface area contributed by atoms with Crippen LogP contribution < -0.4 is 19.5 Å². The number of aliphatic hydroxyl groups is 2. The van der Waals surface area contributed by atoms with Gasteiger partial charge in [-0.3, -0.25) is 58.4 Å². The molecule has 0 spiro atoms. The number of halogens is 2. The molecule has 8 aromatic carbocycles. The molecular formula is C116H110BrClN14O13. The summed E-state index contributed by atoms with van der Waals surface area (Å²) >= 11 is 7.87. The van der Waals surface area contributed by atoms with E-state index in [1.807, 2.05) is 140 Å². The number of fused-ring (bicyclic) bond motifs is 8. The first-order valence-electron chi connectivity index (χ1n) is 48.1. The van der Waals surface area contributed by atoms with Crippen LogP contribution in [0.3, 0.4) is 0 Å². The second kappa shape index (κ2) is 50.0. The number of phenolic OH excluding ortho intramolecular Hbond substituents is 3. The summed E-state index contributed by atoms with van der Waals surface area (Å²) in [5.41, 5.74) is 30.0. The number of nitrogens with one attached hydrogen (secondary N) is 2. The Labute approximate surface area is 854 Å². The molecule has 3 saturated heterocycles. The Morgan fingerprint density at radius 1 is 0.462 bits per heavy atom. The molecule has 145 heavy (non-hydrogen) atoms. The summed E-state index contributed by atoms with van der Waals surface area (Å²) in [6, 6.07) is 82.0. The Bertz CT molecular complexity index is 7040. The lowest BCUT2D eigenvalue weighted by molar-refractivity contribution is 0.0954. The Morgan fingerprint density at radius 3 is 1.33 bits per heavy atom. The number of carbonyl (C=O) groups excluding carboxylic acids is 4. The zero-order valence-electron chi connectivity index (χ0n) is 80.5. The molecule has 14 aromatic rings. The molecule has 736 valence electrons. The number of aromatic hydroxyl groups is 3. The zero-order valence-corrected chi connectivity index (χ0v) is 82.9. The van der Waals surface area contributed by atoms with Crippen molar-refractivity contribution in [3.63, 3.8) is 0 Å². The maximum absolute atomic E-state index is 13.2. The van der Waals surface area contributed by atoms with E-state index in [4.69, 9.17) is 44.7 Å². The lowest BCUT2D eigenvalue weighted by Crippen LogP contribution is -2.42. The molecule has 7 N–H and O–H groups in total. The normalized spacial score (nSPS) is 15.7. The highest BCUT2D eigenvalue weighted by molar-refractivity contribution is 9.10. The fourth-order valence-electron chi connectivity index (χ4n) is 18.5. The molecule has 12 heterocycles. The number of Topliss-reactive ketones (excluding diaryl/α,β-unsaturated/α-hetero) is 3. The number of rotatable bonds is 15. The van der Waals surface area contributed by atoms with Gasteiger partial charge in [-0.25, -0.2) is 4.98 Å². The second-order valence-electron chi connectivity index (χ2n) is 34.9. The van der Waals surface area contributed by atoms with Gasteiger partial charge in [0, 0.05) is 142 Å². The Kier molecular flexibility index (Phi) is 35.3. The van der Waals surface area contributed by atoms with Crippen molar-refractivity contribution in [2.75, 3.05) is 80.3 Å². The first-order chi connectivity index (χ1) is 71.1. The van der Waals surface area contributed by atoms with Crippen LogP contribution in [-0.2, 0) is 50.1 Å². The van der Waals surface area contributed by atoms with Crippen molar-refractivity contribution in [1.82, 2.24) is 49.5 Å². The van der Waals surface area contributed by atoms with Crippen LogP contribution in [0.1, 0.15) is 142 Å². The van der Waals surface area contributed by atoms with Crippen molar-refractivity contribution < 1.29 is 63.7 Å². The predicted molar refractivity (Wildman–Crippen MR) is 566 cm³/mol. The molecule has 6 aliphatic heterocycles. The fourth-order valence-corrected chi connectivity index (χ4v) is 18.9. The number of nitrogens with zero attached hydrogens (tertiary/aromatic N) is 12. The number of methoxy groups -OCH3 is 1. The van der Waals surface area contributed by atoms with Crippen molar-refractivity contribution in [1.29, 1.82) is 5.53 Å². The zero-order chi connectivity index (χ0) is 101. The van der Waals surface area contributed by atoms with Crippen LogP contribution in [-0.4, -0.2) is 173 Å². The smallest absolute Gasteiger partial charge is 0.263 e. The van der Waals surface area contributed by atoms with Gasteiger partial charge in [0.1, 0.15) is 50.5 Å². The van der Waals surface area contributed by atoms with Crippen LogP contribution in [0, 0.1) is 5.53 Å². The predicted octanol–water partition coefficient (Wildman–Crippen LogP) is 22.3. The van der Waals surface area contributed by atoms with Gasteiger partial charge in [-0.05, 0) is 210 Å². The van der Waals surface area contributed by atoms with Gasteiger partial charge < -0.3 is 49.8 Å². The number of benzene rings is 8. The number of hydrogen-bond acceptors (Lipinski definition) is 24. The number of aromatic nitrogens is 6. The van der Waals surface area contributed by atoms with Crippen molar-refractivity contribution in [2.24, 2.45) is 15.1 Å². The summed E-state index contributed by atoms with van der Waals surface area (Å²) in [5, 5.41) is 54.4. The third-order valence-electron chi connectivity index (χ3n) is 25.8. The third kappa shape index (κ3) is 24.9. The first-order valence-corrected chi connectivity index (χ1v) is 49.2. The van der Waals surface area contributed by atoms with Gasteiger partial charge in [0.15, 0.2) is 18.1 Å². The van der Waals surface area contributed by atoms with E-state index >= 15 is 0 Å². The van der Waals surface area contributed by atoms with E-state index in [2.05, 4.69) is 187 Å². The fraction of sp³-hybridized carbons (Fsp3) is 0.216. The van der Waals surface area contributed by atoms with Crippen LogP contribution in [0.4, 0.5) is 0 Å². The number of piperazine rings is 1. The quantitative estimate of drug-likeness (QED) is 0.0217. The average Bonchev–Trinajstić information content (AvgIpc) is 1.61. The largest absolute Gasteiger partial charge is 0.507 e. The number of likely N-dealkylation sites (tertiary alicyclic amines) is 2. The van der Waals surface area contributed by atoms with E-state index in [1.165, 1.54) is 42.5 Å². The molecule has 10 aliphatic rings. The number of pyridine rings is 5. The Hall–Kier alpha value is -15.5. The number of allylic oxidation sites excluding steroid dienone is 10. The van der Waals surface area contributed by atoms with E-state index in [1.54, 1.807) is 66.4 Å². The molecule has 0 amide bonds. The van der Waals surface area contributed by atoms with E-state index in [0.29, 0.717) is 88.1 Å². The maximum atomic E-state index is 13.2. The highest BCUT2D eigenvalue weighted by Crippen LogP contribution is 2.45. The van der Waals surface area contributed by atoms with Gasteiger partial charge in [-0.2, -0.15) is 5.53 Å². The number of phenols is 3. The van der Waals surface area contributed by atoms with Gasteiger partial charge in [0.2, 0.25) is 17.3 Å². The lowest BCUT2D eigenvalue weighted by Gasteiger charge is -2.27. The number of hydrogen-bond donors (Lipinski definition) is 7. The first kappa shape index (κ1) is 102. The van der Waals surface area contributed by atoms with E-state index < -0.39 is 0 Å². The number of ketones is 3. The van der Waals surface area contributed by atoms with Crippen LogP contribution in [0.25, 0.3) is 79.0 Å². The Balaban J connectivity index is 0.000000126. The van der Waals surface area contributed by atoms with E-state index in [-0.39, 0.29) is 52.9 Å². The molecular weight excluding hydrogens is 1910 g/mol. The number of piperidine rings is 2. The summed E-state index contributed by atoms with van der Waals surface area (Å²) < 4.78 is 27.8. The summed E-state index contributed by atoms with van der Waals surface area (Å²) in [7, 11) is 3.70. The van der Waals surface area contributed by atoms with Crippen molar-refractivity contribution in [2.45, 2.75) is 83.8 Å². The molecule has 0 saturated carbocycles. The van der Waals surface area contributed by atoms with Gasteiger partial charge in [0.05, 0.1) is 97.8 Å². The highest BCUT2D eigenvalue weighted by atomic mass is 79.9. The van der Waals surface area contributed by atoms with Crippen LogP contribution in [0.5, 0.6) is 34.5 Å². The minimum absolute atomic E-state index is 0.00453. The van der Waals surface area contributed by atoms with Crippen molar-refractivity contribution in [3.05, 3.63) is 398 Å². The molecule has 4 aliphatic carbocycles. The molecule has 27 nitrogen and oxygen atoms in total. The molecule has 0 radical (unpaired) electrons. The second-order valence-corrected chi connectivity index (χ2v) is 35.8. The molecule has 6 aromatic heterocycles. The summed E-state index contributed by atoms with van der Waals surface area (Å²) in [6.45, 7) is 9.62. The SMILES string of the molecule is C1=Cc2ccc(-c3ccccc3)nc2C1.CO.CO.COC1=CCc2nc(-c3ccccc3)ccc21.N=NN=NCl.O=C(c1ccccc1)n1ccc2ccc(Br)nc21.O=C1/C(=C/C2=CCc3nc(-c4ccccc4)ccc32)Oc2c1ccc(O)c2CN1CCCCC1.O=C1/C(=C/C2=CCc3nc(-c4ccccc4)ccc32)Oc2c1ccc(O)c2CN1CCNCC1.O=C1COc2c1ccc(O)c2CN1CCCCC1. The molecule has 24 rings (SSSR count). The van der Waals surface area contributed by atoms with Gasteiger partial charge >= 0.3 is 0 Å². The van der Waals surface area contributed by atoms with Crippen molar-refractivity contribution in [3.8, 4) is 79.5 Å². The molecule has 3 fully saturated rings. The minimum atomic E-state index is -0.153. The standard InChI is InChI=1S/C29H26N2O3.C28H25N3O3.C15H13NO.C14H9BrN2O.C14H17NO3.C14H11N.2CH4O.ClHN4/c32-26-14-11-22-28(33)27(34-29(22)23(26)18-31-15-5-2-6-16-31)17-20-9-12-25-21(20)10-13-24(30-25)19-7-3-1-4-8-19;32-25-11-8-21-27(33)26(34-28(21)22(25)17-31-14-12-29-13-15-31)16-19-6-9-24-20(19)7-10-23(30-24)18-4-2-1-3-5-18;1-17-15-10-9-14-12(15)7-8-13(16-14)11-5-3-2-4-6-11;15-12-7-6-10-8-9-17(13(10)16-12)14(18)11-4-2-1-3-5-11;16-12-5-4-10-13(17)9-18-14(10)11(12)8-15-6-2-1-3-7-15;1-2-5-11(6-3-1)14-10-9-12-7-4-8-13(12)15-14;2*1-2;1-3-5-4-2/h1,3-4,7-11,13-14,17,32H,2,5-6,12,15-16,18H2;1-8,10-11,16,29,32H,9,12-15,17H2;2-8,10H,9H2,1H3;1-9H;4-5,16H,1-3,6-9H2;1-7,9-10H,8H2;2*2H,1H3;2H/b27-17-;26-16-;;;;;;;. The Morgan fingerprint density at radius 2 is 0.876 bits per heavy atom. The number of ether oxygens (including phenoxy) is 4.